The lowest BCUT2D eigenvalue weighted by Crippen LogP contribution is -2.34. The van der Waals surface area contributed by atoms with E-state index >= 15 is 0 Å². The fourth-order valence-electron chi connectivity index (χ4n) is 1.83. The molecule has 6 heteroatoms. The summed E-state index contributed by atoms with van der Waals surface area (Å²) in [6.07, 6.45) is 0.0902. The number of rotatable bonds is 5. The van der Waals surface area contributed by atoms with Gasteiger partial charge in [-0.25, -0.2) is 0 Å². The molecule has 0 saturated carbocycles. The van der Waals surface area contributed by atoms with Crippen LogP contribution in [0.1, 0.15) is 12.6 Å². The molecule has 0 spiro atoms. The van der Waals surface area contributed by atoms with Gasteiger partial charge in [-0.2, -0.15) is 0 Å². The number of carbonyl (C=O) groups is 2. The number of hydrogen-bond donors (Lipinski definition) is 0. The van der Waals surface area contributed by atoms with E-state index < -0.39 is 5.97 Å². The standard InChI is InChI=1S/C14H16N2O4/c1-3-19-14(18)9-16(2)13(17)8-11-10-6-4-5-7-12(10)20-15-11/h4-7H,3,8-9H2,1-2H3. The van der Waals surface area contributed by atoms with Crippen LogP contribution in [0.3, 0.4) is 0 Å². The van der Waals surface area contributed by atoms with Gasteiger partial charge in [-0.1, -0.05) is 17.3 Å². The van der Waals surface area contributed by atoms with Crippen LogP contribution in [0.4, 0.5) is 0 Å². The van der Waals surface area contributed by atoms with Crippen molar-refractivity contribution < 1.29 is 18.8 Å². The van der Waals surface area contributed by atoms with E-state index in [2.05, 4.69) is 5.16 Å². The molecule has 6 nitrogen and oxygen atoms in total. The van der Waals surface area contributed by atoms with Crippen LogP contribution >= 0.6 is 0 Å². The van der Waals surface area contributed by atoms with E-state index in [0.717, 1.165) is 5.39 Å². The molecule has 0 radical (unpaired) electrons. The second-order valence-electron chi connectivity index (χ2n) is 4.36. The molecular weight excluding hydrogens is 260 g/mol. The normalized spacial score (nSPS) is 10.5. The molecule has 106 valence electrons. The Kier molecular flexibility index (Phi) is 4.34. The Bertz CT molecular complexity index is 620. The fraction of sp³-hybridized carbons (Fsp3) is 0.357. The maximum Gasteiger partial charge on any atom is 0.325 e. The van der Waals surface area contributed by atoms with Gasteiger partial charge in [-0.05, 0) is 19.1 Å². The van der Waals surface area contributed by atoms with Crippen molar-refractivity contribution in [2.45, 2.75) is 13.3 Å². The summed E-state index contributed by atoms with van der Waals surface area (Å²) in [5.74, 6) is -0.634. The van der Waals surface area contributed by atoms with E-state index in [1.807, 2.05) is 18.2 Å². The average Bonchev–Trinajstić information content (AvgIpc) is 2.82. The molecule has 0 atom stereocenters. The van der Waals surface area contributed by atoms with Gasteiger partial charge in [0, 0.05) is 12.4 Å². The molecule has 1 amide bonds. The Morgan fingerprint density at radius 3 is 2.85 bits per heavy atom. The Balaban J connectivity index is 2.02. The number of amides is 1. The minimum atomic E-state index is -0.423. The van der Waals surface area contributed by atoms with Crippen LogP contribution in [0.2, 0.25) is 0 Å². The summed E-state index contributed by atoms with van der Waals surface area (Å²) in [6, 6.07) is 7.33. The zero-order valence-corrected chi connectivity index (χ0v) is 11.5. The molecule has 0 fully saturated rings. The van der Waals surface area contributed by atoms with Crippen LogP contribution in [0.5, 0.6) is 0 Å². The molecule has 1 aromatic heterocycles. The van der Waals surface area contributed by atoms with Crippen LogP contribution in [-0.4, -0.2) is 42.1 Å². The molecular formula is C14H16N2O4. The molecule has 2 aromatic rings. The summed E-state index contributed by atoms with van der Waals surface area (Å²) in [6.45, 7) is 1.96. The van der Waals surface area contributed by atoms with E-state index in [9.17, 15) is 9.59 Å². The molecule has 0 unspecified atom stereocenters. The highest BCUT2D eigenvalue weighted by atomic mass is 16.5. The second kappa shape index (κ2) is 6.18. The molecule has 0 N–H and O–H groups in total. The van der Waals surface area contributed by atoms with Crippen molar-refractivity contribution in [3.05, 3.63) is 30.0 Å². The van der Waals surface area contributed by atoms with Gasteiger partial charge < -0.3 is 14.2 Å². The van der Waals surface area contributed by atoms with E-state index in [1.165, 1.54) is 4.90 Å². The lowest BCUT2D eigenvalue weighted by molar-refractivity contribution is -0.147. The first kappa shape index (κ1) is 14.0. The van der Waals surface area contributed by atoms with E-state index in [-0.39, 0.29) is 18.9 Å². The van der Waals surface area contributed by atoms with Crippen LogP contribution in [0.25, 0.3) is 11.0 Å². The van der Waals surface area contributed by atoms with E-state index in [1.54, 1.807) is 20.0 Å². The first-order valence-electron chi connectivity index (χ1n) is 6.34. The molecule has 0 bridgehead atoms. The van der Waals surface area contributed by atoms with Crippen LogP contribution in [0, 0.1) is 0 Å². The zero-order valence-electron chi connectivity index (χ0n) is 11.5. The number of ether oxygens (including phenoxy) is 1. The largest absolute Gasteiger partial charge is 0.465 e. The average molecular weight is 276 g/mol. The third kappa shape index (κ3) is 3.14. The van der Waals surface area contributed by atoms with Gasteiger partial charge in [0.05, 0.1) is 13.0 Å². The van der Waals surface area contributed by atoms with Crippen molar-refractivity contribution in [3.8, 4) is 0 Å². The minimum absolute atomic E-state index is 0.0670. The highest BCUT2D eigenvalue weighted by molar-refractivity contribution is 5.87. The van der Waals surface area contributed by atoms with Gasteiger partial charge in [0.2, 0.25) is 5.91 Å². The lowest BCUT2D eigenvalue weighted by Gasteiger charge is -2.15. The van der Waals surface area contributed by atoms with Crippen LogP contribution < -0.4 is 0 Å². The van der Waals surface area contributed by atoms with Gasteiger partial charge in [0.15, 0.2) is 5.58 Å². The summed E-state index contributed by atoms with van der Waals surface area (Å²) in [5.41, 5.74) is 1.21. The van der Waals surface area contributed by atoms with E-state index in [4.69, 9.17) is 9.26 Å². The van der Waals surface area contributed by atoms with Gasteiger partial charge in [-0.3, -0.25) is 9.59 Å². The minimum Gasteiger partial charge on any atom is -0.465 e. The monoisotopic (exact) mass is 276 g/mol. The van der Waals surface area contributed by atoms with Gasteiger partial charge in [0.25, 0.3) is 0 Å². The SMILES string of the molecule is CCOC(=O)CN(C)C(=O)Cc1noc2ccccc12. The van der Waals surface area contributed by atoms with Crippen molar-refractivity contribution in [3.63, 3.8) is 0 Å². The highest BCUT2D eigenvalue weighted by Gasteiger charge is 2.17. The van der Waals surface area contributed by atoms with Crippen LogP contribution in [0.15, 0.2) is 28.8 Å². The Morgan fingerprint density at radius 1 is 1.35 bits per heavy atom. The predicted molar refractivity (Wildman–Crippen MR) is 72.0 cm³/mol. The number of esters is 1. The topological polar surface area (TPSA) is 72.6 Å². The number of carbonyl (C=O) groups excluding carboxylic acids is 2. The fourth-order valence-corrected chi connectivity index (χ4v) is 1.83. The first-order valence-corrected chi connectivity index (χ1v) is 6.34. The molecule has 0 aliphatic rings. The molecule has 0 aliphatic carbocycles. The Labute approximate surface area is 116 Å². The number of hydrogen-bond acceptors (Lipinski definition) is 5. The molecule has 0 saturated heterocycles. The summed E-state index contributed by atoms with van der Waals surface area (Å²) in [7, 11) is 1.56. The summed E-state index contributed by atoms with van der Waals surface area (Å²) in [4.78, 5) is 24.7. The van der Waals surface area contributed by atoms with Gasteiger partial charge in [0.1, 0.15) is 12.2 Å². The van der Waals surface area contributed by atoms with Crippen molar-refractivity contribution >= 4 is 22.8 Å². The number of aromatic nitrogens is 1. The van der Waals surface area contributed by atoms with Crippen molar-refractivity contribution in [2.75, 3.05) is 20.2 Å². The van der Waals surface area contributed by atoms with Gasteiger partial charge in [-0.15, -0.1) is 0 Å². The van der Waals surface area contributed by atoms with Crippen molar-refractivity contribution in [2.24, 2.45) is 0 Å². The Hall–Kier alpha value is -2.37. The van der Waals surface area contributed by atoms with E-state index in [0.29, 0.717) is 17.9 Å². The van der Waals surface area contributed by atoms with Gasteiger partial charge >= 0.3 is 5.97 Å². The Morgan fingerprint density at radius 2 is 2.10 bits per heavy atom. The molecule has 20 heavy (non-hydrogen) atoms. The smallest absolute Gasteiger partial charge is 0.325 e. The highest BCUT2D eigenvalue weighted by Crippen LogP contribution is 2.18. The summed E-state index contributed by atoms with van der Waals surface area (Å²) < 4.78 is 9.94. The third-order valence-corrected chi connectivity index (χ3v) is 2.87. The van der Waals surface area contributed by atoms with Crippen LogP contribution in [-0.2, 0) is 20.7 Å². The third-order valence-electron chi connectivity index (χ3n) is 2.87. The molecule has 1 heterocycles. The van der Waals surface area contributed by atoms with Crippen molar-refractivity contribution in [1.82, 2.24) is 10.1 Å². The predicted octanol–water partition coefficient (Wildman–Crippen LogP) is 1.39. The second-order valence-corrected chi connectivity index (χ2v) is 4.36. The quantitative estimate of drug-likeness (QED) is 0.772. The molecule has 1 aromatic carbocycles. The number of para-hydroxylation sites is 1. The zero-order chi connectivity index (χ0) is 14.5. The maximum absolute atomic E-state index is 12.0. The lowest BCUT2D eigenvalue weighted by atomic mass is 10.1. The molecule has 0 aliphatic heterocycles. The summed E-state index contributed by atoms with van der Waals surface area (Å²) in [5, 5.41) is 4.71. The maximum atomic E-state index is 12.0. The number of benzene rings is 1. The number of nitrogens with zero attached hydrogens (tertiary/aromatic N) is 2. The number of fused-ring (bicyclic) bond motifs is 1. The summed E-state index contributed by atoms with van der Waals surface area (Å²) >= 11 is 0. The molecule has 2 rings (SSSR count). The number of likely N-dealkylation sites (N-methyl/N-ethyl adjacent to an activating group) is 1. The first-order chi connectivity index (χ1) is 9.61. The van der Waals surface area contributed by atoms with Crippen molar-refractivity contribution in [1.29, 1.82) is 0 Å².